The summed E-state index contributed by atoms with van der Waals surface area (Å²) in [5, 5.41) is 7.22. The van der Waals surface area contributed by atoms with Crippen LogP contribution in [0.15, 0.2) is 48.5 Å². The van der Waals surface area contributed by atoms with Gasteiger partial charge in [0.05, 0.1) is 13.2 Å². The van der Waals surface area contributed by atoms with Gasteiger partial charge in [0.2, 0.25) is 0 Å². The molecule has 0 aromatic heterocycles. The lowest BCUT2D eigenvalue weighted by atomic mass is 10.0. The van der Waals surface area contributed by atoms with Crippen LogP contribution in [-0.4, -0.2) is 12.2 Å². The minimum atomic E-state index is 0.174. The standard InChI is InChI=1S/C18H22N2OS/c1-4-16(14-10-11-17(21-3)13(2)12-14)20-18(22)19-15-8-6-5-7-9-15/h5-12,16H,4H2,1-3H3,(H2,19,20,22)/t16-/m0/s1. The molecular weight excluding hydrogens is 292 g/mol. The van der Waals surface area contributed by atoms with Gasteiger partial charge in [-0.25, -0.2) is 0 Å². The van der Waals surface area contributed by atoms with Crippen LogP contribution >= 0.6 is 12.2 Å². The third kappa shape index (κ3) is 4.21. The molecule has 0 bridgehead atoms. The summed E-state index contributed by atoms with van der Waals surface area (Å²) in [6.45, 7) is 4.19. The van der Waals surface area contributed by atoms with Crippen LogP contribution in [0.4, 0.5) is 5.69 Å². The summed E-state index contributed by atoms with van der Waals surface area (Å²) in [7, 11) is 1.69. The number of aryl methyl sites for hydroxylation is 1. The van der Waals surface area contributed by atoms with Crippen molar-refractivity contribution in [1.82, 2.24) is 5.32 Å². The van der Waals surface area contributed by atoms with E-state index in [4.69, 9.17) is 17.0 Å². The van der Waals surface area contributed by atoms with Crippen molar-refractivity contribution in [3.8, 4) is 5.75 Å². The number of para-hydroxylation sites is 1. The molecular formula is C18H22N2OS. The van der Waals surface area contributed by atoms with Crippen molar-refractivity contribution in [2.75, 3.05) is 12.4 Å². The van der Waals surface area contributed by atoms with E-state index in [1.54, 1.807) is 7.11 Å². The van der Waals surface area contributed by atoms with Gasteiger partial charge in [-0.15, -0.1) is 0 Å². The quantitative estimate of drug-likeness (QED) is 0.799. The summed E-state index contributed by atoms with van der Waals surface area (Å²) < 4.78 is 5.31. The molecule has 116 valence electrons. The molecule has 0 fully saturated rings. The maximum atomic E-state index is 5.41. The zero-order chi connectivity index (χ0) is 15.9. The molecule has 2 aromatic rings. The average Bonchev–Trinajstić information content (AvgIpc) is 2.53. The normalized spacial score (nSPS) is 11.6. The maximum absolute atomic E-state index is 5.41. The smallest absolute Gasteiger partial charge is 0.171 e. The second-order valence-corrected chi connectivity index (χ2v) is 5.56. The molecule has 0 saturated heterocycles. The van der Waals surface area contributed by atoms with Gasteiger partial charge in [-0.3, -0.25) is 0 Å². The molecule has 22 heavy (non-hydrogen) atoms. The van der Waals surface area contributed by atoms with Crippen molar-refractivity contribution in [2.45, 2.75) is 26.3 Å². The van der Waals surface area contributed by atoms with Crippen molar-refractivity contribution in [2.24, 2.45) is 0 Å². The fourth-order valence-corrected chi connectivity index (χ4v) is 2.65. The monoisotopic (exact) mass is 314 g/mol. The summed E-state index contributed by atoms with van der Waals surface area (Å²) in [6, 6.07) is 16.3. The molecule has 0 heterocycles. The molecule has 1 atom stereocenters. The first-order valence-corrected chi connectivity index (χ1v) is 7.82. The first-order chi connectivity index (χ1) is 10.6. The zero-order valence-corrected chi connectivity index (χ0v) is 14.0. The molecule has 0 unspecified atom stereocenters. The predicted octanol–water partition coefficient (Wildman–Crippen LogP) is 4.44. The van der Waals surface area contributed by atoms with E-state index in [-0.39, 0.29) is 6.04 Å². The van der Waals surface area contributed by atoms with Gasteiger partial charge in [-0.1, -0.05) is 37.3 Å². The van der Waals surface area contributed by atoms with Crippen LogP contribution in [0.25, 0.3) is 0 Å². The molecule has 3 nitrogen and oxygen atoms in total. The predicted molar refractivity (Wildman–Crippen MR) is 96.6 cm³/mol. The zero-order valence-electron chi connectivity index (χ0n) is 13.2. The Bertz CT molecular complexity index is 628. The number of ether oxygens (including phenoxy) is 1. The average molecular weight is 314 g/mol. The summed E-state index contributed by atoms with van der Waals surface area (Å²) in [6.07, 6.45) is 0.947. The number of anilines is 1. The largest absolute Gasteiger partial charge is 0.496 e. The van der Waals surface area contributed by atoms with Crippen LogP contribution in [0.5, 0.6) is 5.75 Å². The van der Waals surface area contributed by atoms with E-state index in [0.717, 1.165) is 23.4 Å². The lowest BCUT2D eigenvalue weighted by molar-refractivity contribution is 0.411. The SMILES string of the molecule is CC[C@H](NC(=S)Nc1ccccc1)c1ccc(OC)c(C)c1. The fraction of sp³-hybridized carbons (Fsp3) is 0.278. The molecule has 0 saturated carbocycles. The lowest BCUT2D eigenvalue weighted by Gasteiger charge is -2.21. The Labute approximate surface area is 137 Å². The Morgan fingerprint density at radius 2 is 1.91 bits per heavy atom. The van der Waals surface area contributed by atoms with Crippen molar-refractivity contribution in [3.05, 3.63) is 59.7 Å². The van der Waals surface area contributed by atoms with Crippen molar-refractivity contribution in [3.63, 3.8) is 0 Å². The van der Waals surface area contributed by atoms with E-state index in [0.29, 0.717) is 5.11 Å². The highest BCUT2D eigenvalue weighted by Gasteiger charge is 2.12. The van der Waals surface area contributed by atoms with E-state index in [1.165, 1.54) is 5.56 Å². The van der Waals surface area contributed by atoms with Crippen LogP contribution in [0.1, 0.15) is 30.5 Å². The number of methoxy groups -OCH3 is 1. The van der Waals surface area contributed by atoms with Gasteiger partial charge in [-0.05, 0) is 54.9 Å². The Hall–Kier alpha value is -2.07. The molecule has 2 N–H and O–H groups in total. The van der Waals surface area contributed by atoms with Gasteiger partial charge in [0.15, 0.2) is 5.11 Å². The third-order valence-electron chi connectivity index (χ3n) is 3.57. The van der Waals surface area contributed by atoms with E-state index in [1.807, 2.05) is 36.4 Å². The van der Waals surface area contributed by atoms with Gasteiger partial charge in [0.25, 0.3) is 0 Å². The third-order valence-corrected chi connectivity index (χ3v) is 3.79. The summed E-state index contributed by atoms with van der Waals surface area (Å²) in [5.74, 6) is 0.906. The molecule has 0 radical (unpaired) electrons. The fourth-order valence-electron chi connectivity index (χ4n) is 2.39. The van der Waals surface area contributed by atoms with Crippen molar-refractivity contribution in [1.29, 1.82) is 0 Å². The Kier molecular flexibility index (Phi) is 5.78. The number of nitrogens with one attached hydrogen (secondary N) is 2. The molecule has 2 rings (SSSR count). The second-order valence-electron chi connectivity index (χ2n) is 5.15. The van der Waals surface area contributed by atoms with Gasteiger partial charge >= 0.3 is 0 Å². The minimum Gasteiger partial charge on any atom is -0.496 e. The van der Waals surface area contributed by atoms with Crippen molar-refractivity contribution < 1.29 is 4.74 Å². The van der Waals surface area contributed by atoms with Gasteiger partial charge < -0.3 is 15.4 Å². The highest BCUT2D eigenvalue weighted by molar-refractivity contribution is 7.80. The number of hydrogen-bond acceptors (Lipinski definition) is 2. The molecule has 0 amide bonds. The molecule has 4 heteroatoms. The van der Waals surface area contributed by atoms with Gasteiger partial charge in [0, 0.05) is 5.69 Å². The summed E-state index contributed by atoms with van der Waals surface area (Å²) >= 11 is 5.41. The van der Waals surface area contributed by atoms with Crippen LogP contribution in [-0.2, 0) is 0 Å². The minimum absolute atomic E-state index is 0.174. The Morgan fingerprint density at radius 3 is 2.50 bits per heavy atom. The van der Waals surface area contributed by atoms with E-state index < -0.39 is 0 Å². The van der Waals surface area contributed by atoms with Crippen LogP contribution in [0.2, 0.25) is 0 Å². The van der Waals surface area contributed by atoms with Crippen LogP contribution in [0.3, 0.4) is 0 Å². The first kappa shape index (κ1) is 16.3. The Balaban J connectivity index is 2.05. The molecule has 0 aliphatic carbocycles. The number of thiocarbonyl (C=S) groups is 1. The van der Waals surface area contributed by atoms with Gasteiger partial charge in [0.1, 0.15) is 5.75 Å². The molecule has 0 aliphatic rings. The highest BCUT2D eigenvalue weighted by atomic mass is 32.1. The van der Waals surface area contributed by atoms with E-state index in [2.05, 4.69) is 36.6 Å². The summed E-state index contributed by atoms with van der Waals surface area (Å²) in [4.78, 5) is 0. The Morgan fingerprint density at radius 1 is 1.18 bits per heavy atom. The maximum Gasteiger partial charge on any atom is 0.171 e. The molecule has 2 aromatic carbocycles. The first-order valence-electron chi connectivity index (χ1n) is 7.41. The van der Waals surface area contributed by atoms with Crippen molar-refractivity contribution >= 4 is 23.0 Å². The number of hydrogen-bond donors (Lipinski definition) is 2. The topological polar surface area (TPSA) is 33.3 Å². The van der Waals surface area contributed by atoms with Gasteiger partial charge in [-0.2, -0.15) is 0 Å². The lowest BCUT2D eigenvalue weighted by Crippen LogP contribution is -2.32. The second kappa shape index (κ2) is 7.80. The number of benzene rings is 2. The highest BCUT2D eigenvalue weighted by Crippen LogP contribution is 2.24. The van der Waals surface area contributed by atoms with E-state index in [9.17, 15) is 0 Å². The molecule has 0 aliphatic heterocycles. The number of rotatable bonds is 5. The van der Waals surface area contributed by atoms with E-state index >= 15 is 0 Å². The molecule has 0 spiro atoms. The van der Waals surface area contributed by atoms with Crippen LogP contribution in [0, 0.1) is 6.92 Å². The van der Waals surface area contributed by atoms with Crippen LogP contribution < -0.4 is 15.4 Å². The summed E-state index contributed by atoms with van der Waals surface area (Å²) in [5.41, 5.74) is 3.32.